The number of amides is 1. The number of nitrogens with two attached hydrogens (primary N) is 1. The number of nitrogens with one attached hydrogen (secondary N) is 1. The molecule has 1 amide bonds. The Morgan fingerprint density at radius 2 is 1.79 bits per heavy atom. The van der Waals surface area contributed by atoms with Crippen LogP contribution < -0.4 is 20.5 Å². The van der Waals surface area contributed by atoms with E-state index in [1.807, 2.05) is 42.5 Å². The zero-order valence-corrected chi connectivity index (χ0v) is 24.7. The van der Waals surface area contributed by atoms with Crippen molar-refractivity contribution in [3.05, 3.63) is 59.7 Å². The van der Waals surface area contributed by atoms with Gasteiger partial charge in [0.1, 0.15) is 0 Å². The zero-order valence-electron chi connectivity index (χ0n) is 23.9. The van der Waals surface area contributed by atoms with Gasteiger partial charge in [-0.05, 0) is 60.8 Å². The summed E-state index contributed by atoms with van der Waals surface area (Å²) >= 11 is 0. The lowest BCUT2D eigenvalue weighted by Crippen LogP contribution is -2.52. The molecule has 0 spiro atoms. The highest BCUT2D eigenvalue weighted by atomic mass is 35.5. The maximum Gasteiger partial charge on any atom is 0.230 e. The molecule has 218 valence electrons. The van der Waals surface area contributed by atoms with Gasteiger partial charge in [-0.3, -0.25) is 4.79 Å². The van der Waals surface area contributed by atoms with Crippen molar-refractivity contribution in [1.82, 2.24) is 5.32 Å². The fourth-order valence-electron chi connectivity index (χ4n) is 5.20. The smallest absolute Gasteiger partial charge is 0.230 e. The summed E-state index contributed by atoms with van der Waals surface area (Å²) < 4.78 is 16.5. The van der Waals surface area contributed by atoms with Crippen LogP contribution in [-0.2, 0) is 21.4 Å². The van der Waals surface area contributed by atoms with Crippen LogP contribution in [0.1, 0.15) is 57.1 Å². The molecule has 0 heterocycles. The number of carbonyl (C=O) groups excluding carboxylic acids is 1. The number of halogens is 1. The third-order valence-electron chi connectivity index (χ3n) is 7.93. The van der Waals surface area contributed by atoms with E-state index in [-0.39, 0.29) is 30.8 Å². The largest absolute Gasteiger partial charge is 0.493 e. The van der Waals surface area contributed by atoms with Crippen molar-refractivity contribution >= 4 is 18.3 Å². The molecule has 0 radical (unpaired) electrons. The SMILES string of the molecule is COCCCOc1cc(CC(CC(N)C(O)CNC(=O)C2(c3ccccc3)CCC2)C(C)C)ccc1OC.Cl. The highest BCUT2D eigenvalue weighted by molar-refractivity contribution is 5.89. The lowest BCUT2D eigenvalue weighted by molar-refractivity contribution is -0.130. The molecular weight excluding hydrogens is 516 g/mol. The number of carbonyl (C=O) groups is 1. The molecule has 39 heavy (non-hydrogen) atoms. The molecule has 0 aromatic heterocycles. The third-order valence-corrected chi connectivity index (χ3v) is 7.93. The zero-order chi connectivity index (χ0) is 27.5. The number of aliphatic hydroxyl groups is 1. The van der Waals surface area contributed by atoms with Gasteiger partial charge < -0.3 is 30.4 Å². The Morgan fingerprint density at radius 1 is 1.08 bits per heavy atom. The highest BCUT2D eigenvalue weighted by Gasteiger charge is 2.45. The number of hydrogen-bond donors (Lipinski definition) is 3. The number of benzene rings is 2. The Hall–Kier alpha value is -2.32. The minimum Gasteiger partial charge on any atom is -0.493 e. The minimum absolute atomic E-state index is 0. The molecule has 7 nitrogen and oxygen atoms in total. The van der Waals surface area contributed by atoms with E-state index < -0.39 is 17.6 Å². The minimum atomic E-state index is -0.816. The van der Waals surface area contributed by atoms with Crippen molar-refractivity contribution in [2.45, 2.75) is 69.9 Å². The van der Waals surface area contributed by atoms with Crippen molar-refractivity contribution in [2.75, 3.05) is 34.0 Å². The molecule has 2 aromatic carbocycles. The Labute approximate surface area is 240 Å². The number of ether oxygens (including phenoxy) is 3. The van der Waals surface area contributed by atoms with Gasteiger partial charge in [-0.15, -0.1) is 12.4 Å². The first-order chi connectivity index (χ1) is 18.3. The van der Waals surface area contributed by atoms with E-state index in [1.54, 1.807) is 14.2 Å². The van der Waals surface area contributed by atoms with E-state index in [9.17, 15) is 9.90 Å². The van der Waals surface area contributed by atoms with E-state index in [1.165, 1.54) is 0 Å². The van der Waals surface area contributed by atoms with Gasteiger partial charge in [-0.1, -0.05) is 56.7 Å². The maximum absolute atomic E-state index is 13.1. The summed E-state index contributed by atoms with van der Waals surface area (Å²) in [6.07, 6.45) is 4.14. The first-order valence-corrected chi connectivity index (χ1v) is 13.9. The van der Waals surface area contributed by atoms with Crippen LogP contribution in [0.25, 0.3) is 0 Å². The second-order valence-corrected chi connectivity index (χ2v) is 10.9. The van der Waals surface area contributed by atoms with Crippen molar-refractivity contribution in [3.63, 3.8) is 0 Å². The van der Waals surface area contributed by atoms with Gasteiger partial charge in [-0.25, -0.2) is 0 Å². The number of hydrogen-bond acceptors (Lipinski definition) is 6. The second-order valence-electron chi connectivity index (χ2n) is 10.9. The van der Waals surface area contributed by atoms with E-state index in [0.29, 0.717) is 31.3 Å². The lowest BCUT2D eigenvalue weighted by Gasteiger charge is -2.41. The van der Waals surface area contributed by atoms with Crippen LogP contribution in [0.4, 0.5) is 0 Å². The number of methoxy groups -OCH3 is 2. The molecular formula is C31H47ClN2O5. The molecule has 0 aliphatic heterocycles. The molecule has 3 rings (SSSR count). The van der Waals surface area contributed by atoms with Gasteiger partial charge in [0.25, 0.3) is 0 Å². The van der Waals surface area contributed by atoms with Crippen LogP contribution in [0.2, 0.25) is 0 Å². The summed E-state index contributed by atoms with van der Waals surface area (Å²) in [5.74, 6) is 2.03. The van der Waals surface area contributed by atoms with Crippen LogP contribution in [0.3, 0.4) is 0 Å². The molecule has 4 N–H and O–H groups in total. The number of rotatable bonds is 16. The van der Waals surface area contributed by atoms with Gasteiger partial charge in [0.15, 0.2) is 11.5 Å². The average molecular weight is 563 g/mol. The first kappa shape index (κ1) is 32.9. The van der Waals surface area contributed by atoms with Crippen LogP contribution in [0.5, 0.6) is 11.5 Å². The summed E-state index contributed by atoms with van der Waals surface area (Å²) in [5.41, 5.74) is 8.17. The van der Waals surface area contributed by atoms with E-state index in [0.717, 1.165) is 49.0 Å². The van der Waals surface area contributed by atoms with Gasteiger partial charge in [0.2, 0.25) is 5.91 Å². The maximum atomic E-state index is 13.1. The van der Waals surface area contributed by atoms with E-state index in [4.69, 9.17) is 19.9 Å². The monoisotopic (exact) mass is 562 g/mol. The third kappa shape index (κ3) is 8.84. The summed E-state index contributed by atoms with van der Waals surface area (Å²) in [6, 6.07) is 15.5. The summed E-state index contributed by atoms with van der Waals surface area (Å²) in [6.45, 7) is 5.71. The molecule has 2 aromatic rings. The van der Waals surface area contributed by atoms with E-state index in [2.05, 4.69) is 25.2 Å². The predicted octanol–water partition coefficient (Wildman–Crippen LogP) is 4.66. The second kappa shape index (κ2) is 16.1. The first-order valence-electron chi connectivity index (χ1n) is 13.9. The van der Waals surface area contributed by atoms with Crippen LogP contribution >= 0.6 is 12.4 Å². The van der Waals surface area contributed by atoms with Crippen molar-refractivity contribution in [2.24, 2.45) is 17.6 Å². The lowest BCUT2D eigenvalue weighted by atomic mass is 9.64. The van der Waals surface area contributed by atoms with Crippen molar-refractivity contribution in [1.29, 1.82) is 0 Å². The van der Waals surface area contributed by atoms with Crippen LogP contribution in [0.15, 0.2) is 48.5 Å². The number of aliphatic hydroxyl groups excluding tert-OH is 1. The Bertz CT molecular complexity index is 1000. The fourth-order valence-corrected chi connectivity index (χ4v) is 5.20. The molecule has 1 saturated carbocycles. The molecule has 0 bridgehead atoms. The summed E-state index contributed by atoms with van der Waals surface area (Å²) in [4.78, 5) is 13.1. The van der Waals surface area contributed by atoms with Crippen molar-refractivity contribution in [3.8, 4) is 11.5 Å². The average Bonchev–Trinajstić information content (AvgIpc) is 2.89. The van der Waals surface area contributed by atoms with Gasteiger partial charge in [0, 0.05) is 32.7 Å². The molecule has 1 aliphatic carbocycles. The quantitative estimate of drug-likeness (QED) is 0.257. The Balaban J connectivity index is 0.00000533. The molecule has 8 heteroatoms. The summed E-state index contributed by atoms with van der Waals surface area (Å²) in [5, 5.41) is 13.9. The molecule has 1 fully saturated rings. The fraction of sp³-hybridized carbons (Fsp3) is 0.581. The Morgan fingerprint density at radius 3 is 2.38 bits per heavy atom. The molecule has 3 atom stereocenters. The Kier molecular flexibility index (Phi) is 13.5. The summed E-state index contributed by atoms with van der Waals surface area (Å²) in [7, 11) is 3.32. The van der Waals surface area contributed by atoms with Gasteiger partial charge in [-0.2, -0.15) is 0 Å². The predicted molar refractivity (Wildman–Crippen MR) is 158 cm³/mol. The van der Waals surface area contributed by atoms with Gasteiger partial charge in [0.05, 0.1) is 25.2 Å². The normalized spacial score (nSPS) is 16.4. The molecule has 0 saturated heterocycles. The van der Waals surface area contributed by atoms with Crippen LogP contribution in [0, 0.1) is 11.8 Å². The van der Waals surface area contributed by atoms with Crippen LogP contribution in [-0.4, -0.2) is 57.1 Å². The van der Waals surface area contributed by atoms with Gasteiger partial charge >= 0.3 is 0 Å². The van der Waals surface area contributed by atoms with Crippen molar-refractivity contribution < 1.29 is 24.1 Å². The molecule has 3 unspecified atom stereocenters. The highest BCUT2D eigenvalue weighted by Crippen LogP contribution is 2.43. The molecule has 1 aliphatic rings. The standard InChI is InChI=1S/C31H46N2O5.ClH/c1-22(2)24(18-23-12-13-28(37-4)29(19-23)38-17-9-16-36-3)20-26(32)27(34)21-33-30(35)31(14-8-15-31)25-10-6-5-7-11-25;/h5-7,10-13,19,22,24,26-27,34H,8-9,14-18,20-21,32H2,1-4H3,(H,33,35);1H. The van der Waals surface area contributed by atoms with E-state index >= 15 is 0 Å². The topological polar surface area (TPSA) is 103 Å².